The first-order valence-electron chi connectivity index (χ1n) is 7.97. The van der Waals surface area contributed by atoms with Crippen molar-refractivity contribution >= 4 is 23.6 Å². The van der Waals surface area contributed by atoms with Crippen LogP contribution >= 0.6 is 11.8 Å². The van der Waals surface area contributed by atoms with Crippen LogP contribution in [0.5, 0.6) is 0 Å². The lowest BCUT2D eigenvalue weighted by molar-refractivity contribution is -0.128. The van der Waals surface area contributed by atoms with E-state index in [0.717, 1.165) is 11.5 Å². The van der Waals surface area contributed by atoms with Crippen LogP contribution in [-0.4, -0.2) is 30.7 Å². The Hall–Kier alpha value is -1.49. The van der Waals surface area contributed by atoms with Gasteiger partial charge in [-0.15, -0.1) is 0 Å². The molecule has 1 rings (SSSR count). The number of thioether (sulfide) groups is 1. The topological polar surface area (TPSA) is 58.2 Å². The molecule has 0 saturated carbocycles. The van der Waals surface area contributed by atoms with Gasteiger partial charge in [0.25, 0.3) is 0 Å². The normalized spacial score (nSPS) is 11.1. The minimum atomic E-state index is -0.414. The molecule has 0 bridgehead atoms. The first-order chi connectivity index (χ1) is 10.8. The van der Waals surface area contributed by atoms with Crippen molar-refractivity contribution in [1.82, 2.24) is 10.6 Å². The van der Waals surface area contributed by atoms with Crippen molar-refractivity contribution in [1.29, 1.82) is 0 Å². The number of carbonyl (C=O) groups excluding carboxylic acids is 2. The lowest BCUT2D eigenvalue weighted by atomic mass is 9.96. The second-order valence-electron chi connectivity index (χ2n) is 6.64. The maximum absolute atomic E-state index is 11.7. The highest BCUT2D eigenvalue weighted by Gasteiger charge is 2.20. The standard InChI is InChI=1S/C18H28N2O2S/c1-14-5-7-15(8-6-14)13-23-12-11-19-16(21)9-10-20-17(22)18(2,3)4/h5-8H,9-13H2,1-4H3,(H,19,21)(H,20,22). The van der Waals surface area contributed by atoms with Crippen LogP contribution in [0, 0.1) is 12.3 Å². The summed E-state index contributed by atoms with van der Waals surface area (Å²) in [4.78, 5) is 23.3. The van der Waals surface area contributed by atoms with E-state index in [-0.39, 0.29) is 11.8 Å². The molecule has 23 heavy (non-hydrogen) atoms. The summed E-state index contributed by atoms with van der Waals surface area (Å²) >= 11 is 1.80. The Bertz CT molecular complexity index is 507. The molecule has 0 aliphatic rings. The minimum Gasteiger partial charge on any atom is -0.355 e. The molecular weight excluding hydrogens is 308 g/mol. The van der Waals surface area contributed by atoms with Gasteiger partial charge in [0, 0.05) is 36.4 Å². The van der Waals surface area contributed by atoms with Crippen LogP contribution < -0.4 is 10.6 Å². The second kappa shape index (κ2) is 9.60. The van der Waals surface area contributed by atoms with E-state index in [9.17, 15) is 9.59 Å². The molecular formula is C18H28N2O2S. The molecule has 0 saturated heterocycles. The van der Waals surface area contributed by atoms with Gasteiger partial charge in [0.2, 0.25) is 11.8 Å². The third-order valence-electron chi connectivity index (χ3n) is 3.28. The molecule has 2 N–H and O–H groups in total. The summed E-state index contributed by atoms with van der Waals surface area (Å²) in [7, 11) is 0. The summed E-state index contributed by atoms with van der Waals surface area (Å²) < 4.78 is 0. The molecule has 0 aromatic heterocycles. The number of nitrogens with one attached hydrogen (secondary N) is 2. The van der Waals surface area contributed by atoms with Crippen molar-refractivity contribution in [3.8, 4) is 0 Å². The fourth-order valence-electron chi connectivity index (χ4n) is 1.78. The number of aryl methyl sites for hydroxylation is 1. The molecule has 0 heterocycles. The van der Waals surface area contributed by atoms with Crippen molar-refractivity contribution in [2.45, 2.75) is 39.9 Å². The molecule has 0 spiro atoms. The molecule has 128 valence electrons. The van der Waals surface area contributed by atoms with Crippen molar-refractivity contribution in [2.75, 3.05) is 18.8 Å². The van der Waals surface area contributed by atoms with Gasteiger partial charge in [0.1, 0.15) is 0 Å². The summed E-state index contributed by atoms with van der Waals surface area (Å²) in [6.07, 6.45) is 0.324. The molecule has 2 amide bonds. The van der Waals surface area contributed by atoms with E-state index in [0.29, 0.717) is 19.5 Å². The maximum atomic E-state index is 11.7. The number of hydrogen-bond acceptors (Lipinski definition) is 3. The second-order valence-corrected chi connectivity index (χ2v) is 7.75. The molecule has 4 nitrogen and oxygen atoms in total. The van der Waals surface area contributed by atoms with Gasteiger partial charge in [-0.3, -0.25) is 9.59 Å². The van der Waals surface area contributed by atoms with Crippen LogP contribution in [-0.2, 0) is 15.3 Å². The Morgan fingerprint density at radius 3 is 2.30 bits per heavy atom. The number of hydrogen-bond donors (Lipinski definition) is 2. The smallest absolute Gasteiger partial charge is 0.225 e. The van der Waals surface area contributed by atoms with Crippen molar-refractivity contribution < 1.29 is 9.59 Å². The summed E-state index contributed by atoms with van der Waals surface area (Å²) in [6.45, 7) is 8.69. The lowest BCUT2D eigenvalue weighted by Crippen LogP contribution is -2.37. The predicted octanol–water partition coefficient (Wildman–Crippen LogP) is 2.90. The highest BCUT2D eigenvalue weighted by atomic mass is 32.2. The molecule has 5 heteroatoms. The van der Waals surface area contributed by atoms with Gasteiger partial charge in [-0.2, -0.15) is 11.8 Å². The van der Waals surface area contributed by atoms with Gasteiger partial charge >= 0.3 is 0 Å². The zero-order valence-corrected chi connectivity index (χ0v) is 15.4. The Balaban J connectivity index is 2.06. The largest absolute Gasteiger partial charge is 0.355 e. The van der Waals surface area contributed by atoms with E-state index < -0.39 is 5.41 Å². The quantitative estimate of drug-likeness (QED) is 0.718. The Kier molecular flexibility index (Phi) is 8.17. The van der Waals surface area contributed by atoms with Crippen LogP contribution in [0.15, 0.2) is 24.3 Å². The summed E-state index contributed by atoms with van der Waals surface area (Å²) in [5, 5.41) is 5.66. The first kappa shape index (κ1) is 19.6. The third kappa shape index (κ3) is 8.65. The van der Waals surface area contributed by atoms with E-state index in [4.69, 9.17) is 0 Å². The molecule has 0 fully saturated rings. The zero-order valence-electron chi connectivity index (χ0n) is 14.6. The van der Waals surface area contributed by atoms with Crippen molar-refractivity contribution in [3.63, 3.8) is 0 Å². The van der Waals surface area contributed by atoms with E-state index in [1.54, 1.807) is 11.8 Å². The number of carbonyl (C=O) groups is 2. The molecule has 0 aliphatic heterocycles. The molecule has 0 atom stereocenters. The van der Waals surface area contributed by atoms with Gasteiger partial charge in [-0.05, 0) is 12.5 Å². The fourth-order valence-corrected chi connectivity index (χ4v) is 2.60. The maximum Gasteiger partial charge on any atom is 0.225 e. The minimum absolute atomic E-state index is 0.0184. The Morgan fingerprint density at radius 2 is 1.70 bits per heavy atom. The van der Waals surface area contributed by atoms with Crippen LogP contribution in [0.1, 0.15) is 38.3 Å². The summed E-state index contributed by atoms with van der Waals surface area (Å²) in [5.41, 5.74) is 2.16. The van der Waals surface area contributed by atoms with Crippen molar-refractivity contribution in [2.24, 2.45) is 5.41 Å². The van der Waals surface area contributed by atoms with Crippen LogP contribution in [0.25, 0.3) is 0 Å². The summed E-state index contributed by atoms with van der Waals surface area (Å²) in [5.74, 6) is 1.79. The van der Waals surface area contributed by atoms with Gasteiger partial charge in [-0.25, -0.2) is 0 Å². The van der Waals surface area contributed by atoms with E-state index in [1.165, 1.54) is 11.1 Å². The van der Waals surface area contributed by atoms with E-state index in [1.807, 2.05) is 20.8 Å². The van der Waals surface area contributed by atoms with Crippen LogP contribution in [0.4, 0.5) is 0 Å². The van der Waals surface area contributed by atoms with Crippen LogP contribution in [0.2, 0.25) is 0 Å². The van der Waals surface area contributed by atoms with Gasteiger partial charge in [0.15, 0.2) is 0 Å². The SMILES string of the molecule is Cc1ccc(CSCCNC(=O)CCNC(=O)C(C)(C)C)cc1. The van der Waals surface area contributed by atoms with Gasteiger partial charge < -0.3 is 10.6 Å². The van der Waals surface area contributed by atoms with E-state index >= 15 is 0 Å². The average Bonchev–Trinajstić information content (AvgIpc) is 2.47. The summed E-state index contributed by atoms with van der Waals surface area (Å²) in [6, 6.07) is 8.50. The Morgan fingerprint density at radius 1 is 1.04 bits per heavy atom. The number of benzene rings is 1. The molecule has 0 unspecified atom stereocenters. The highest BCUT2D eigenvalue weighted by molar-refractivity contribution is 7.98. The molecule has 0 aliphatic carbocycles. The molecule has 1 aromatic rings. The van der Waals surface area contributed by atoms with Crippen molar-refractivity contribution in [3.05, 3.63) is 35.4 Å². The van der Waals surface area contributed by atoms with Crippen LogP contribution in [0.3, 0.4) is 0 Å². The third-order valence-corrected chi connectivity index (χ3v) is 4.31. The van der Waals surface area contributed by atoms with Gasteiger partial charge in [-0.1, -0.05) is 50.6 Å². The van der Waals surface area contributed by atoms with Gasteiger partial charge in [0.05, 0.1) is 0 Å². The zero-order chi connectivity index (χ0) is 17.3. The highest BCUT2D eigenvalue weighted by Crippen LogP contribution is 2.13. The fraction of sp³-hybridized carbons (Fsp3) is 0.556. The lowest BCUT2D eigenvalue weighted by Gasteiger charge is -2.17. The molecule has 0 radical (unpaired) electrons. The Labute approximate surface area is 143 Å². The molecule has 1 aromatic carbocycles. The predicted molar refractivity (Wildman–Crippen MR) is 97.4 cm³/mol. The average molecular weight is 337 g/mol. The first-order valence-corrected chi connectivity index (χ1v) is 9.13. The number of amides is 2. The number of rotatable bonds is 8. The van der Waals surface area contributed by atoms with E-state index in [2.05, 4.69) is 41.8 Å². The monoisotopic (exact) mass is 336 g/mol.